The number of likely N-dealkylation sites (N-methyl/N-ethyl adjacent to an activating group) is 1. The highest BCUT2D eigenvalue weighted by Crippen LogP contribution is 2.27. The number of carbonyl (C=O) groups is 1. The molecule has 0 aliphatic heterocycles. The number of rotatable bonds is 5. The molecule has 2 rings (SSSR count). The van der Waals surface area contributed by atoms with Crippen LogP contribution in [-0.4, -0.2) is 19.1 Å². The molecule has 2 aromatic rings. The molecule has 0 unspecified atom stereocenters. The zero-order valence-corrected chi connectivity index (χ0v) is 13.1. The number of anilines is 1. The maximum absolute atomic E-state index is 12.3. The van der Waals surface area contributed by atoms with Crippen LogP contribution in [0, 0.1) is 0 Å². The third-order valence-corrected chi connectivity index (χ3v) is 3.48. The third kappa shape index (κ3) is 4.13. The summed E-state index contributed by atoms with van der Waals surface area (Å²) in [5.74, 6) is 0.265. The van der Waals surface area contributed by atoms with Crippen molar-refractivity contribution in [2.24, 2.45) is 0 Å². The van der Waals surface area contributed by atoms with Gasteiger partial charge in [0.15, 0.2) is 6.61 Å². The van der Waals surface area contributed by atoms with E-state index in [-0.39, 0.29) is 12.5 Å². The van der Waals surface area contributed by atoms with Gasteiger partial charge >= 0.3 is 0 Å². The largest absolute Gasteiger partial charge is 0.482 e. The maximum atomic E-state index is 12.3. The average Bonchev–Trinajstić information content (AvgIpc) is 2.50. The van der Waals surface area contributed by atoms with Gasteiger partial charge in [-0.15, -0.1) is 0 Å². The van der Waals surface area contributed by atoms with Crippen LogP contribution in [0.4, 0.5) is 5.69 Å². The van der Waals surface area contributed by atoms with Crippen molar-refractivity contribution >= 4 is 34.8 Å². The standard InChI is InChI=1S/C16H15Cl2NO2/c1-2-19(13-6-4-3-5-7-13)16(20)11-21-15-10-12(17)8-9-14(15)18/h3-10H,2,11H2,1H3. The summed E-state index contributed by atoms with van der Waals surface area (Å²) in [5.41, 5.74) is 0.839. The monoisotopic (exact) mass is 323 g/mol. The van der Waals surface area contributed by atoms with Gasteiger partial charge in [-0.05, 0) is 31.2 Å². The van der Waals surface area contributed by atoms with Gasteiger partial charge in [0.25, 0.3) is 5.91 Å². The van der Waals surface area contributed by atoms with Crippen molar-refractivity contribution in [3.8, 4) is 5.75 Å². The number of ether oxygens (including phenoxy) is 1. The fourth-order valence-electron chi connectivity index (χ4n) is 1.92. The second-order valence-corrected chi connectivity index (χ2v) is 5.18. The molecule has 0 heterocycles. The molecule has 0 atom stereocenters. The number of para-hydroxylation sites is 1. The van der Waals surface area contributed by atoms with E-state index in [2.05, 4.69) is 0 Å². The molecule has 2 aromatic carbocycles. The Bertz CT molecular complexity index is 617. The van der Waals surface area contributed by atoms with E-state index in [1.165, 1.54) is 0 Å². The van der Waals surface area contributed by atoms with Crippen molar-refractivity contribution in [1.82, 2.24) is 0 Å². The first kappa shape index (κ1) is 15.7. The van der Waals surface area contributed by atoms with Crippen LogP contribution in [0.3, 0.4) is 0 Å². The van der Waals surface area contributed by atoms with Gasteiger partial charge in [0.1, 0.15) is 5.75 Å². The fraction of sp³-hybridized carbons (Fsp3) is 0.188. The van der Waals surface area contributed by atoms with E-state index in [0.717, 1.165) is 5.69 Å². The molecule has 0 saturated carbocycles. The van der Waals surface area contributed by atoms with Crippen molar-refractivity contribution in [3.05, 3.63) is 58.6 Å². The van der Waals surface area contributed by atoms with Crippen LogP contribution < -0.4 is 9.64 Å². The number of amides is 1. The summed E-state index contributed by atoms with van der Waals surface area (Å²) in [6.45, 7) is 2.38. The number of carbonyl (C=O) groups excluding carboxylic acids is 1. The van der Waals surface area contributed by atoms with Gasteiger partial charge in [-0.2, -0.15) is 0 Å². The van der Waals surface area contributed by atoms with Crippen LogP contribution in [0.1, 0.15) is 6.92 Å². The number of nitrogens with zero attached hydrogens (tertiary/aromatic N) is 1. The summed E-state index contributed by atoms with van der Waals surface area (Å²) in [7, 11) is 0. The lowest BCUT2D eigenvalue weighted by atomic mass is 10.3. The maximum Gasteiger partial charge on any atom is 0.264 e. The SMILES string of the molecule is CCN(C(=O)COc1cc(Cl)ccc1Cl)c1ccccc1. The predicted octanol–water partition coefficient (Wildman–Crippen LogP) is 4.43. The Morgan fingerprint density at radius 2 is 1.86 bits per heavy atom. The first-order chi connectivity index (χ1) is 10.1. The van der Waals surface area contributed by atoms with Gasteiger partial charge in [-0.1, -0.05) is 41.4 Å². The minimum Gasteiger partial charge on any atom is -0.482 e. The van der Waals surface area contributed by atoms with Gasteiger partial charge in [0.2, 0.25) is 0 Å². The molecule has 0 fully saturated rings. The van der Waals surface area contributed by atoms with E-state index < -0.39 is 0 Å². The number of hydrogen-bond acceptors (Lipinski definition) is 2. The second-order valence-electron chi connectivity index (χ2n) is 4.34. The second kappa shape index (κ2) is 7.34. The third-order valence-electron chi connectivity index (χ3n) is 2.93. The Morgan fingerprint density at radius 3 is 2.52 bits per heavy atom. The van der Waals surface area contributed by atoms with Crippen LogP contribution in [0.25, 0.3) is 0 Å². The molecule has 0 spiro atoms. The summed E-state index contributed by atoms with van der Waals surface area (Å²) >= 11 is 11.9. The highest BCUT2D eigenvalue weighted by atomic mass is 35.5. The Hall–Kier alpha value is -1.71. The van der Waals surface area contributed by atoms with E-state index in [9.17, 15) is 4.79 Å². The molecule has 110 valence electrons. The Balaban J connectivity index is 2.05. The lowest BCUT2D eigenvalue weighted by molar-refractivity contribution is -0.120. The molecule has 0 aliphatic carbocycles. The molecule has 0 radical (unpaired) electrons. The Morgan fingerprint density at radius 1 is 1.14 bits per heavy atom. The van der Waals surface area contributed by atoms with Crippen LogP contribution in [0.5, 0.6) is 5.75 Å². The fourth-order valence-corrected chi connectivity index (χ4v) is 2.25. The van der Waals surface area contributed by atoms with Crippen molar-refractivity contribution in [1.29, 1.82) is 0 Å². The zero-order valence-electron chi connectivity index (χ0n) is 11.6. The lowest BCUT2D eigenvalue weighted by Crippen LogP contribution is -2.34. The number of hydrogen-bond donors (Lipinski definition) is 0. The summed E-state index contributed by atoms with van der Waals surface area (Å²) in [4.78, 5) is 13.9. The molecule has 5 heteroatoms. The Kier molecular flexibility index (Phi) is 5.48. The van der Waals surface area contributed by atoms with Gasteiger partial charge in [-0.25, -0.2) is 0 Å². The van der Waals surface area contributed by atoms with E-state index in [0.29, 0.717) is 22.3 Å². The van der Waals surface area contributed by atoms with E-state index in [1.807, 2.05) is 37.3 Å². The molecular weight excluding hydrogens is 309 g/mol. The summed E-state index contributed by atoms with van der Waals surface area (Å²) < 4.78 is 5.48. The molecular formula is C16H15Cl2NO2. The van der Waals surface area contributed by atoms with E-state index >= 15 is 0 Å². The van der Waals surface area contributed by atoms with Crippen molar-refractivity contribution in [3.63, 3.8) is 0 Å². The number of benzene rings is 2. The molecule has 0 saturated heterocycles. The van der Waals surface area contributed by atoms with E-state index in [4.69, 9.17) is 27.9 Å². The van der Waals surface area contributed by atoms with Gasteiger partial charge in [0, 0.05) is 23.3 Å². The Labute approximate surface area is 134 Å². The first-order valence-electron chi connectivity index (χ1n) is 6.55. The summed E-state index contributed by atoms with van der Waals surface area (Å²) in [6.07, 6.45) is 0. The summed E-state index contributed by atoms with van der Waals surface area (Å²) in [6, 6.07) is 14.3. The highest BCUT2D eigenvalue weighted by molar-refractivity contribution is 6.34. The first-order valence-corrected chi connectivity index (χ1v) is 7.30. The van der Waals surface area contributed by atoms with Crippen LogP contribution in [0.15, 0.2) is 48.5 Å². The normalized spacial score (nSPS) is 10.2. The quantitative estimate of drug-likeness (QED) is 0.814. The van der Waals surface area contributed by atoms with Gasteiger partial charge in [-0.3, -0.25) is 4.79 Å². The zero-order chi connectivity index (χ0) is 15.2. The lowest BCUT2D eigenvalue weighted by Gasteiger charge is -2.21. The summed E-state index contributed by atoms with van der Waals surface area (Å²) in [5, 5.41) is 0.937. The minimum absolute atomic E-state index is 0.0944. The molecule has 3 nitrogen and oxygen atoms in total. The topological polar surface area (TPSA) is 29.5 Å². The van der Waals surface area contributed by atoms with Crippen molar-refractivity contribution in [2.75, 3.05) is 18.1 Å². The number of halogens is 2. The average molecular weight is 324 g/mol. The van der Waals surface area contributed by atoms with E-state index in [1.54, 1.807) is 23.1 Å². The van der Waals surface area contributed by atoms with Crippen LogP contribution in [0.2, 0.25) is 10.0 Å². The molecule has 0 aliphatic rings. The molecule has 21 heavy (non-hydrogen) atoms. The van der Waals surface area contributed by atoms with Gasteiger partial charge < -0.3 is 9.64 Å². The van der Waals surface area contributed by atoms with Crippen LogP contribution in [-0.2, 0) is 4.79 Å². The van der Waals surface area contributed by atoms with Crippen LogP contribution >= 0.6 is 23.2 Å². The smallest absolute Gasteiger partial charge is 0.264 e. The van der Waals surface area contributed by atoms with Crippen molar-refractivity contribution < 1.29 is 9.53 Å². The molecule has 0 bridgehead atoms. The van der Waals surface area contributed by atoms with Gasteiger partial charge in [0.05, 0.1) is 5.02 Å². The highest BCUT2D eigenvalue weighted by Gasteiger charge is 2.15. The molecule has 1 amide bonds. The predicted molar refractivity (Wildman–Crippen MR) is 86.4 cm³/mol. The molecule has 0 aromatic heterocycles. The van der Waals surface area contributed by atoms with Crippen molar-refractivity contribution in [2.45, 2.75) is 6.92 Å². The minimum atomic E-state index is -0.139. The molecule has 0 N–H and O–H groups in total.